The molecule has 7 nitrogen and oxygen atoms in total. The number of carboxylic acid groups (broad SMARTS) is 1. The number of para-hydroxylation sites is 1. The molecule has 0 aliphatic rings. The summed E-state index contributed by atoms with van der Waals surface area (Å²) in [6.07, 6.45) is 2.16. The summed E-state index contributed by atoms with van der Waals surface area (Å²) >= 11 is 0. The van der Waals surface area contributed by atoms with Crippen LogP contribution in [0.4, 0.5) is 22.1 Å². The minimum absolute atomic E-state index is 0.347. The average molecular weight is 351 g/mol. The number of carbonyl (C=O) groups excluding carboxylic acids is 1. The highest BCUT2D eigenvalue weighted by Gasteiger charge is 2.20. The van der Waals surface area contributed by atoms with Crippen molar-refractivity contribution in [3.8, 4) is 0 Å². The lowest BCUT2D eigenvalue weighted by Crippen LogP contribution is -2.32. The van der Waals surface area contributed by atoms with E-state index in [9.17, 15) is 22.1 Å². The first-order valence-electron chi connectivity index (χ1n) is 6.37. The number of carbonyl (C=O) groups is 2. The lowest BCUT2D eigenvalue weighted by molar-refractivity contribution is -0.138. The Kier molecular flexibility index (Phi) is 8.32. The third-order valence-electron chi connectivity index (χ3n) is 2.43. The Morgan fingerprint density at radius 1 is 1.17 bits per heavy atom. The molecule has 1 aromatic carbocycles. The smallest absolute Gasteiger partial charge is 0.480 e. The van der Waals surface area contributed by atoms with Crippen LogP contribution >= 0.6 is 0 Å². The van der Waals surface area contributed by atoms with Crippen LogP contribution in [0.15, 0.2) is 30.5 Å². The zero-order valence-electron chi connectivity index (χ0n) is 12.3. The van der Waals surface area contributed by atoms with E-state index < -0.39 is 25.3 Å². The summed E-state index contributed by atoms with van der Waals surface area (Å²) in [5.74, 6) is -0.972. The van der Waals surface area contributed by atoms with Crippen LogP contribution in [0.3, 0.4) is 0 Å². The van der Waals surface area contributed by atoms with E-state index in [-0.39, 0.29) is 0 Å². The first kappa shape index (κ1) is 21.2. The minimum atomic E-state index is -6.00. The molecular formula is C12H16BF4N4O3-. The summed E-state index contributed by atoms with van der Waals surface area (Å²) in [6, 6.07) is 6.08. The number of aromatic amines is 1. The molecule has 0 radical (unpaired) electrons. The van der Waals surface area contributed by atoms with Gasteiger partial charge in [-0.15, -0.1) is 0 Å². The van der Waals surface area contributed by atoms with E-state index in [1.165, 1.54) is 0 Å². The van der Waals surface area contributed by atoms with Crippen LogP contribution in [0.5, 0.6) is 0 Å². The van der Waals surface area contributed by atoms with Crippen molar-refractivity contribution in [3.63, 3.8) is 0 Å². The second kappa shape index (κ2) is 9.40. The maximum Gasteiger partial charge on any atom is 0.673 e. The number of amides is 2. The van der Waals surface area contributed by atoms with Gasteiger partial charge in [-0.1, -0.05) is 18.2 Å². The van der Waals surface area contributed by atoms with Gasteiger partial charge in [0.15, 0.2) is 0 Å². The summed E-state index contributed by atoms with van der Waals surface area (Å²) in [6.45, 7) is 0. The molecule has 0 spiro atoms. The Morgan fingerprint density at radius 2 is 1.62 bits per heavy atom. The normalized spacial score (nSPS) is 11.5. The number of H-pyrrole nitrogens is 1. The van der Waals surface area contributed by atoms with Gasteiger partial charge in [0.05, 0.1) is 0 Å². The average Bonchev–Trinajstić information content (AvgIpc) is 2.79. The highest BCUT2D eigenvalue weighted by molar-refractivity contribution is 6.50. The summed E-state index contributed by atoms with van der Waals surface area (Å²) in [4.78, 5) is 22.7. The van der Waals surface area contributed by atoms with Crippen LogP contribution in [0, 0.1) is 0 Å². The number of hydrogen-bond acceptors (Lipinski definition) is 3. The van der Waals surface area contributed by atoms with Crippen molar-refractivity contribution in [2.24, 2.45) is 17.2 Å². The molecule has 24 heavy (non-hydrogen) atoms. The van der Waals surface area contributed by atoms with E-state index in [0.29, 0.717) is 6.42 Å². The van der Waals surface area contributed by atoms with Gasteiger partial charge in [-0.3, -0.25) is 4.79 Å². The van der Waals surface area contributed by atoms with Crippen molar-refractivity contribution in [2.45, 2.75) is 12.5 Å². The van der Waals surface area contributed by atoms with Crippen LogP contribution in [0.2, 0.25) is 0 Å². The molecule has 0 fully saturated rings. The van der Waals surface area contributed by atoms with Gasteiger partial charge < -0.3 is 44.6 Å². The number of urea groups is 1. The van der Waals surface area contributed by atoms with Crippen LogP contribution in [0.25, 0.3) is 10.9 Å². The molecule has 12 heteroatoms. The SMILES string of the molecule is F[B-](F)(F)F.NC(Cc1c[nH]c2ccccc12)C(=O)O.NC(N)=O. The number of aromatic nitrogens is 1. The van der Waals surface area contributed by atoms with Crippen molar-refractivity contribution in [1.29, 1.82) is 0 Å². The van der Waals surface area contributed by atoms with Crippen molar-refractivity contribution < 1.29 is 32.0 Å². The number of fused-ring (bicyclic) bond motifs is 1. The molecule has 2 amide bonds. The number of nitrogens with two attached hydrogens (primary N) is 3. The Morgan fingerprint density at radius 3 is 2.08 bits per heavy atom. The minimum Gasteiger partial charge on any atom is -0.480 e. The van der Waals surface area contributed by atoms with Gasteiger partial charge in [0.2, 0.25) is 0 Å². The molecule has 0 saturated heterocycles. The van der Waals surface area contributed by atoms with Gasteiger partial charge in [0.25, 0.3) is 0 Å². The third kappa shape index (κ3) is 10.1. The van der Waals surface area contributed by atoms with Crippen LogP contribution in [0.1, 0.15) is 5.56 Å². The number of halogens is 4. The van der Waals surface area contributed by atoms with E-state index >= 15 is 0 Å². The Hall–Kier alpha value is -2.76. The van der Waals surface area contributed by atoms with Gasteiger partial charge in [-0.05, 0) is 11.6 Å². The monoisotopic (exact) mass is 351 g/mol. The molecule has 134 valence electrons. The van der Waals surface area contributed by atoms with Gasteiger partial charge >= 0.3 is 19.3 Å². The van der Waals surface area contributed by atoms with Crippen molar-refractivity contribution in [2.75, 3.05) is 0 Å². The molecule has 1 unspecified atom stereocenters. The predicted molar refractivity (Wildman–Crippen MR) is 81.6 cm³/mol. The van der Waals surface area contributed by atoms with Gasteiger partial charge in [0, 0.05) is 23.5 Å². The second-order valence-corrected chi connectivity index (χ2v) is 4.41. The second-order valence-electron chi connectivity index (χ2n) is 4.41. The summed E-state index contributed by atoms with van der Waals surface area (Å²) in [5, 5.41) is 9.75. The molecule has 1 aromatic heterocycles. The highest BCUT2D eigenvalue weighted by Crippen LogP contribution is 2.18. The first-order valence-corrected chi connectivity index (χ1v) is 6.37. The van der Waals surface area contributed by atoms with Crippen molar-refractivity contribution in [1.82, 2.24) is 4.98 Å². The summed E-state index contributed by atoms with van der Waals surface area (Å²) < 4.78 is 39.0. The van der Waals surface area contributed by atoms with E-state index in [2.05, 4.69) is 16.5 Å². The van der Waals surface area contributed by atoms with Crippen LogP contribution in [-0.2, 0) is 11.2 Å². The summed E-state index contributed by atoms with van der Waals surface area (Å²) in [7, 11) is -6.00. The number of primary amides is 2. The topological polar surface area (TPSA) is 148 Å². The molecule has 1 heterocycles. The zero-order valence-corrected chi connectivity index (χ0v) is 12.3. The zero-order chi connectivity index (χ0) is 18.9. The van der Waals surface area contributed by atoms with E-state index in [1.807, 2.05) is 30.5 Å². The largest absolute Gasteiger partial charge is 0.673 e. The fourth-order valence-corrected chi connectivity index (χ4v) is 1.62. The molecule has 0 aliphatic heterocycles. The molecule has 1 atom stereocenters. The molecule has 0 saturated carbocycles. The number of hydrogen-bond donors (Lipinski definition) is 5. The fraction of sp³-hybridized carbons (Fsp3) is 0.167. The lowest BCUT2D eigenvalue weighted by Gasteiger charge is -2.04. The Labute approximate surface area is 133 Å². The summed E-state index contributed by atoms with van der Waals surface area (Å²) in [5.41, 5.74) is 15.9. The van der Waals surface area contributed by atoms with Gasteiger partial charge in [-0.25, -0.2) is 4.79 Å². The molecule has 0 aliphatic carbocycles. The molecule has 2 rings (SSSR count). The van der Waals surface area contributed by atoms with Crippen LogP contribution < -0.4 is 17.2 Å². The number of nitrogens with one attached hydrogen (secondary N) is 1. The van der Waals surface area contributed by atoms with Gasteiger partial charge in [0.1, 0.15) is 6.04 Å². The van der Waals surface area contributed by atoms with Gasteiger partial charge in [-0.2, -0.15) is 0 Å². The maximum absolute atomic E-state index is 10.6. The third-order valence-corrected chi connectivity index (χ3v) is 2.43. The molecular weight excluding hydrogens is 335 g/mol. The first-order chi connectivity index (χ1) is 10.9. The molecule has 2 aromatic rings. The number of benzene rings is 1. The van der Waals surface area contributed by atoms with Crippen molar-refractivity contribution in [3.05, 3.63) is 36.0 Å². The highest BCUT2D eigenvalue weighted by atomic mass is 19.5. The van der Waals surface area contributed by atoms with Crippen LogP contribution in [-0.4, -0.2) is 35.4 Å². The lowest BCUT2D eigenvalue weighted by atomic mass is 10.1. The number of rotatable bonds is 3. The maximum atomic E-state index is 10.6. The Balaban J connectivity index is 0.000000492. The molecule has 0 bridgehead atoms. The fourth-order valence-electron chi connectivity index (χ4n) is 1.62. The molecule has 8 N–H and O–H groups in total. The van der Waals surface area contributed by atoms with E-state index in [0.717, 1.165) is 16.5 Å². The quantitative estimate of drug-likeness (QED) is 0.420. The van der Waals surface area contributed by atoms with E-state index in [1.54, 1.807) is 0 Å². The van der Waals surface area contributed by atoms with E-state index in [4.69, 9.17) is 15.6 Å². The number of aliphatic carboxylic acids is 1. The van der Waals surface area contributed by atoms with Crippen molar-refractivity contribution >= 4 is 30.2 Å². The standard InChI is InChI=1S/C11H12N2O2.CH4N2O.BF4/c12-9(11(14)15)5-7-6-13-10-4-2-1-3-8(7)10;2-1(3)4;2-1(3,4)5/h1-4,6,9,13H,5,12H2,(H,14,15);(H4,2,3,4);/q;;-1. The number of carboxylic acids is 1. The Bertz CT molecular complexity index is 668. The predicted octanol–water partition coefficient (Wildman–Crippen LogP) is 1.45.